The molecule has 3 amide bonds. The molecule has 0 saturated carbocycles. The molecule has 4 N–H and O–H groups in total. The van der Waals surface area contributed by atoms with Crippen molar-refractivity contribution in [2.45, 2.75) is 50.7 Å². The van der Waals surface area contributed by atoms with E-state index in [4.69, 9.17) is 16.3 Å². The van der Waals surface area contributed by atoms with Crippen molar-refractivity contribution < 1.29 is 27.5 Å². The summed E-state index contributed by atoms with van der Waals surface area (Å²) < 4.78 is 32.1. The molecule has 1 unspecified atom stereocenters. The first kappa shape index (κ1) is 42.7. The summed E-state index contributed by atoms with van der Waals surface area (Å²) in [6.45, 7) is 7.08. The fraction of sp³-hybridized carbons (Fsp3) is 0.386. The smallest absolute Gasteiger partial charge is 0.255 e. The third-order valence-electron chi connectivity index (χ3n) is 11.8. The highest BCUT2D eigenvalue weighted by Gasteiger charge is 2.39. The van der Waals surface area contributed by atoms with E-state index in [1.54, 1.807) is 42.3 Å². The predicted molar refractivity (Wildman–Crippen MR) is 239 cm³/mol. The lowest BCUT2D eigenvalue weighted by molar-refractivity contribution is -0.136. The van der Waals surface area contributed by atoms with Crippen molar-refractivity contribution in [2.75, 3.05) is 79.4 Å². The van der Waals surface area contributed by atoms with Gasteiger partial charge in [-0.3, -0.25) is 34.2 Å². The van der Waals surface area contributed by atoms with Crippen molar-refractivity contribution in [2.24, 2.45) is 0 Å². The van der Waals surface area contributed by atoms with Gasteiger partial charge in [0.2, 0.25) is 27.8 Å². The van der Waals surface area contributed by atoms with Crippen LogP contribution in [-0.4, -0.2) is 122 Å². The van der Waals surface area contributed by atoms with E-state index >= 15 is 0 Å². The van der Waals surface area contributed by atoms with Crippen molar-refractivity contribution >= 4 is 73.9 Å². The second-order valence-electron chi connectivity index (χ2n) is 15.8. The fourth-order valence-corrected chi connectivity index (χ4v) is 9.26. The van der Waals surface area contributed by atoms with E-state index in [0.29, 0.717) is 53.2 Å². The lowest BCUT2D eigenvalue weighted by atomic mass is 10.0. The number of anilines is 6. The third kappa shape index (κ3) is 9.89. The van der Waals surface area contributed by atoms with Crippen molar-refractivity contribution in [1.29, 1.82) is 0 Å². The molecular weight excluding hydrogens is 832 g/mol. The number of hydrogen-bond donors (Lipinski definition) is 4. The van der Waals surface area contributed by atoms with Gasteiger partial charge >= 0.3 is 0 Å². The molecule has 0 bridgehead atoms. The molecule has 8 rings (SSSR count). The number of amides is 3. The molecule has 3 aromatic carbocycles. The number of ether oxygens (including phenoxy) is 1. The number of aromatic nitrogens is 2. The lowest BCUT2D eigenvalue weighted by Crippen LogP contribution is -2.53. The molecule has 18 heteroatoms. The Balaban J connectivity index is 0.800. The van der Waals surface area contributed by atoms with Gasteiger partial charge in [-0.25, -0.2) is 13.4 Å². The highest BCUT2D eigenvalue weighted by molar-refractivity contribution is 7.92. The highest BCUT2D eigenvalue weighted by atomic mass is 35.5. The number of para-hydroxylation sites is 2. The standard InChI is InChI=1S/C44H49ClN10O6S/c1-61-39-26-31(13-14-37(39)48-44-46-27-34(45)41(50-44)47-35-11-3-4-12-36(35)51-62(2,59)60)53-20-17-30(18-21-53)54-24-22-52(23-25-54)19-6-5-8-29-9-7-10-32-33(29)28-55(43(32)58)38-15-16-40(56)49-42(38)57/h3-4,7,9-14,26-27,30,38,51H,6,15-25,28H2,1-2H3,(H,49,56,57)(H2,46,47,48,50). The lowest BCUT2D eigenvalue weighted by Gasteiger charge is -2.43. The molecule has 5 heterocycles. The van der Waals surface area contributed by atoms with Gasteiger partial charge in [-0.15, -0.1) is 0 Å². The second-order valence-corrected chi connectivity index (χ2v) is 18.0. The number of rotatable bonds is 12. The summed E-state index contributed by atoms with van der Waals surface area (Å²) in [7, 11) is -1.88. The molecule has 62 heavy (non-hydrogen) atoms. The zero-order valence-corrected chi connectivity index (χ0v) is 36.2. The van der Waals surface area contributed by atoms with Crippen LogP contribution < -0.4 is 30.3 Å². The molecule has 0 aliphatic carbocycles. The van der Waals surface area contributed by atoms with Gasteiger partial charge in [0.05, 0.1) is 36.6 Å². The highest BCUT2D eigenvalue weighted by Crippen LogP contribution is 2.35. The van der Waals surface area contributed by atoms with Crippen LogP contribution in [-0.2, 0) is 26.2 Å². The van der Waals surface area contributed by atoms with Crippen LogP contribution in [0.15, 0.2) is 66.9 Å². The number of methoxy groups -OCH3 is 1. The molecule has 1 atom stereocenters. The van der Waals surface area contributed by atoms with E-state index in [1.807, 2.05) is 24.3 Å². The van der Waals surface area contributed by atoms with Gasteiger partial charge in [0.15, 0.2) is 5.82 Å². The quantitative estimate of drug-likeness (QED) is 0.113. The number of nitrogens with zero attached hydrogens (tertiary/aromatic N) is 6. The van der Waals surface area contributed by atoms with E-state index in [-0.39, 0.29) is 29.2 Å². The van der Waals surface area contributed by atoms with Gasteiger partial charge in [-0.1, -0.05) is 41.6 Å². The maximum atomic E-state index is 13.2. The van der Waals surface area contributed by atoms with E-state index in [2.05, 4.69) is 63.2 Å². The molecule has 4 aliphatic heterocycles. The third-order valence-corrected chi connectivity index (χ3v) is 12.6. The predicted octanol–water partition coefficient (Wildman–Crippen LogP) is 4.79. The number of sulfonamides is 1. The van der Waals surface area contributed by atoms with Gasteiger partial charge in [0.25, 0.3) is 5.91 Å². The van der Waals surface area contributed by atoms with E-state index in [9.17, 15) is 22.8 Å². The number of halogens is 1. The zero-order chi connectivity index (χ0) is 43.4. The first-order valence-electron chi connectivity index (χ1n) is 20.7. The molecule has 4 aliphatic rings. The topological polar surface area (TPSA) is 181 Å². The first-order valence-corrected chi connectivity index (χ1v) is 23.0. The Kier molecular flexibility index (Phi) is 12.8. The van der Waals surface area contributed by atoms with Crippen LogP contribution in [0.25, 0.3) is 0 Å². The normalized spacial score (nSPS) is 18.8. The number of carbonyl (C=O) groups is 3. The summed E-state index contributed by atoms with van der Waals surface area (Å²) in [5.74, 6) is 6.95. The molecule has 1 aromatic heterocycles. The van der Waals surface area contributed by atoms with Crippen LogP contribution in [0.4, 0.5) is 34.5 Å². The number of imide groups is 1. The summed E-state index contributed by atoms with van der Waals surface area (Å²) in [6, 6.07) is 18.3. The summed E-state index contributed by atoms with van der Waals surface area (Å²) in [6.07, 6.45) is 5.97. The molecule has 0 radical (unpaired) electrons. The molecule has 0 spiro atoms. The zero-order valence-electron chi connectivity index (χ0n) is 34.6. The first-order chi connectivity index (χ1) is 29.9. The average molecular weight is 881 g/mol. The van der Waals surface area contributed by atoms with Gasteiger partial charge in [0, 0.05) is 94.1 Å². The molecule has 3 fully saturated rings. The molecular formula is C44H49ClN10O6S. The number of benzene rings is 3. The molecule has 4 aromatic rings. The van der Waals surface area contributed by atoms with Gasteiger partial charge in [-0.05, 0) is 61.2 Å². The van der Waals surface area contributed by atoms with Crippen LogP contribution in [0.3, 0.4) is 0 Å². The maximum Gasteiger partial charge on any atom is 0.255 e. The minimum Gasteiger partial charge on any atom is -0.494 e. The Morgan fingerprint density at radius 1 is 0.919 bits per heavy atom. The number of piperidine rings is 2. The Morgan fingerprint density at radius 3 is 2.44 bits per heavy atom. The second kappa shape index (κ2) is 18.6. The monoisotopic (exact) mass is 880 g/mol. The van der Waals surface area contributed by atoms with E-state index in [1.165, 1.54) is 6.20 Å². The summed E-state index contributed by atoms with van der Waals surface area (Å²) >= 11 is 6.43. The Bertz CT molecular complexity index is 2530. The number of piperazine rings is 1. The van der Waals surface area contributed by atoms with Crippen molar-refractivity contribution in [3.8, 4) is 17.6 Å². The van der Waals surface area contributed by atoms with Crippen LogP contribution in [0.2, 0.25) is 5.02 Å². The molecule has 16 nitrogen and oxygen atoms in total. The van der Waals surface area contributed by atoms with Crippen LogP contribution in [0, 0.1) is 11.8 Å². The van der Waals surface area contributed by atoms with Gasteiger partial charge in [0.1, 0.15) is 16.8 Å². The largest absolute Gasteiger partial charge is 0.494 e. The summed E-state index contributed by atoms with van der Waals surface area (Å²) in [5.41, 5.74) is 4.84. The Hall–Kier alpha value is -5.93. The Morgan fingerprint density at radius 2 is 1.69 bits per heavy atom. The number of hydrogen-bond acceptors (Lipinski definition) is 13. The number of carbonyl (C=O) groups excluding carboxylic acids is 3. The van der Waals surface area contributed by atoms with Crippen LogP contribution in [0.5, 0.6) is 5.75 Å². The van der Waals surface area contributed by atoms with Crippen molar-refractivity contribution in [1.82, 2.24) is 30.0 Å². The number of nitrogens with one attached hydrogen (secondary N) is 4. The summed E-state index contributed by atoms with van der Waals surface area (Å²) in [5, 5.41) is 8.97. The van der Waals surface area contributed by atoms with E-state index < -0.39 is 22.0 Å². The van der Waals surface area contributed by atoms with Crippen LogP contribution in [0.1, 0.15) is 53.6 Å². The fourth-order valence-electron chi connectivity index (χ4n) is 8.54. The molecule has 324 valence electrons. The average Bonchev–Trinajstić information content (AvgIpc) is 3.60. The minimum atomic E-state index is -3.51. The molecule has 3 saturated heterocycles. The van der Waals surface area contributed by atoms with Crippen molar-refractivity contribution in [3.63, 3.8) is 0 Å². The van der Waals surface area contributed by atoms with Crippen LogP contribution >= 0.6 is 11.6 Å². The van der Waals surface area contributed by atoms with E-state index in [0.717, 1.165) is 88.1 Å². The summed E-state index contributed by atoms with van der Waals surface area (Å²) in [4.78, 5) is 55.3. The van der Waals surface area contributed by atoms with Gasteiger partial charge < -0.3 is 25.2 Å². The number of fused-ring (bicyclic) bond motifs is 1. The maximum absolute atomic E-state index is 13.2. The van der Waals surface area contributed by atoms with Crippen molar-refractivity contribution in [3.05, 3.63) is 88.6 Å². The Labute approximate surface area is 366 Å². The SMILES string of the molecule is COc1cc(N2CCC(N3CCN(CCC#Cc4cccc5c4CN(C4CCC(=O)NC4=O)C5=O)CC3)CC2)ccc1Nc1ncc(Cl)c(Nc2ccccc2NS(C)(=O)=O)n1. The minimum absolute atomic E-state index is 0.186. The van der Waals surface area contributed by atoms with Gasteiger partial charge in [-0.2, -0.15) is 4.98 Å².